The molecule has 0 atom stereocenters. The maximum absolute atomic E-state index is 13.9. The first-order chi connectivity index (χ1) is 19.8. The van der Waals surface area contributed by atoms with Gasteiger partial charge in [0.1, 0.15) is 21.7 Å². The van der Waals surface area contributed by atoms with Gasteiger partial charge >= 0.3 is 0 Å². The highest BCUT2D eigenvalue weighted by molar-refractivity contribution is 7.89. The molecule has 0 unspecified atom stereocenters. The highest BCUT2D eigenvalue weighted by atomic mass is 32.2. The molecule has 0 spiro atoms. The third kappa shape index (κ3) is 6.44. The van der Waals surface area contributed by atoms with E-state index in [0.717, 1.165) is 4.31 Å². The minimum absolute atomic E-state index is 0.0125. The topological polar surface area (TPSA) is 150 Å². The zero-order chi connectivity index (χ0) is 29.4. The summed E-state index contributed by atoms with van der Waals surface area (Å²) >= 11 is 1.26. The summed E-state index contributed by atoms with van der Waals surface area (Å²) in [6, 6.07) is 18.3. The number of nitrogens with zero attached hydrogens (tertiary/aromatic N) is 6. The third-order valence-electron chi connectivity index (χ3n) is 6.11. The van der Waals surface area contributed by atoms with E-state index in [-0.39, 0.29) is 42.9 Å². The first-order valence-corrected chi connectivity index (χ1v) is 14.7. The number of ether oxygens (including phenoxy) is 2. The molecule has 2 aromatic carbocycles. The number of rotatable bonds is 12. The van der Waals surface area contributed by atoms with Crippen molar-refractivity contribution in [1.29, 1.82) is 10.5 Å². The van der Waals surface area contributed by atoms with E-state index in [2.05, 4.69) is 4.98 Å². The number of methoxy groups -OCH3 is 2. The Morgan fingerprint density at radius 1 is 0.951 bits per heavy atom. The molecule has 41 heavy (non-hydrogen) atoms. The molecule has 2 aromatic heterocycles. The van der Waals surface area contributed by atoms with Crippen molar-refractivity contribution >= 4 is 42.6 Å². The number of thiazole rings is 1. The minimum Gasteiger partial charge on any atom is -0.495 e. The molecular weight excluding hydrogens is 564 g/mol. The summed E-state index contributed by atoms with van der Waals surface area (Å²) in [6.45, 7) is 0.0352. The van der Waals surface area contributed by atoms with Crippen LogP contribution in [0.15, 0.2) is 65.7 Å². The predicted molar refractivity (Wildman–Crippen MR) is 153 cm³/mol. The van der Waals surface area contributed by atoms with Crippen LogP contribution in [0.25, 0.3) is 10.2 Å². The van der Waals surface area contributed by atoms with Crippen LogP contribution in [0, 0.1) is 22.7 Å². The van der Waals surface area contributed by atoms with Crippen molar-refractivity contribution in [3.8, 4) is 23.6 Å². The average Bonchev–Trinajstić information content (AvgIpc) is 3.45. The molecule has 0 aliphatic rings. The number of carbonyl (C=O) groups excluding carboxylic acids is 1. The molecule has 4 rings (SSSR count). The number of sulfonamides is 1. The van der Waals surface area contributed by atoms with Crippen LogP contribution in [0.2, 0.25) is 0 Å². The van der Waals surface area contributed by atoms with Crippen molar-refractivity contribution in [2.24, 2.45) is 0 Å². The SMILES string of the molecule is COc1ccc(OC)c2sc(N(Cc3ccccn3)C(=O)c3ccc(S(=O)(=O)N(CCC#N)CCC#N)cc3)nc12. The van der Waals surface area contributed by atoms with Gasteiger partial charge in [-0.1, -0.05) is 17.4 Å². The number of hydrogen-bond donors (Lipinski definition) is 0. The lowest BCUT2D eigenvalue weighted by molar-refractivity contribution is 0.0984. The Hall–Kier alpha value is -4.56. The van der Waals surface area contributed by atoms with Gasteiger partial charge < -0.3 is 9.47 Å². The molecule has 13 heteroatoms. The van der Waals surface area contributed by atoms with E-state index < -0.39 is 15.9 Å². The van der Waals surface area contributed by atoms with Gasteiger partial charge in [0.15, 0.2) is 5.13 Å². The Kier molecular flexibility index (Phi) is 9.47. The van der Waals surface area contributed by atoms with Crippen molar-refractivity contribution in [2.45, 2.75) is 24.3 Å². The van der Waals surface area contributed by atoms with E-state index in [9.17, 15) is 13.2 Å². The molecule has 0 radical (unpaired) electrons. The van der Waals surface area contributed by atoms with Gasteiger partial charge in [-0.2, -0.15) is 14.8 Å². The second-order valence-corrected chi connectivity index (χ2v) is 11.5. The minimum atomic E-state index is -3.98. The number of aromatic nitrogens is 2. The molecule has 0 aliphatic carbocycles. The first-order valence-electron chi connectivity index (χ1n) is 12.4. The summed E-state index contributed by atoms with van der Waals surface area (Å²) in [6.07, 6.45) is 1.61. The van der Waals surface area contributed by atoms with E-state index in [1.54, 1.807) is 37.6 Å². The lowest BCUT2D eigenvalue weighted by atomic mass is 10.2. The van der Waals surface area contributed by atoms with Crippen molar-refractivity contribution in [1.82, 2.24) is 14.3 Å². The molecule has 210 valence electrons. The van der Waals surface area contributed by atoms with Gasteiger partial charge in [0.25, 0.3) is 5.91 Å². The summed E-state index contributed by atoms with van der Waals surface area (Å²) in [5, 5.41) is 18.2. The number of nitriles is 2. The smallest absolute Gasteiger partial charge is 0.260 e. The zero-order valence-electron chi connectivity index (χ0n) is 22.4. The van der Waals surface area contributed by atoms with Crippen molar-refractivity contribution in [3.05, 3.63) is 72.1 Å². The number of benzene rings is 2. The second-order valence-electron chi connectivity index (χ2n) is 8.60. The van der Waals surface area contributed by atoms with E-state index in [4.69, 9.17) is 25.0 Å². The average molecular weight is 591 g/mol. The van der Waals surface area contributed by atoms with Crippen LogP contribution in [-0.4, -0.2) is 55.9 Å². The number of pyridine rings is 1. The van der Waals surface area contributed by atoms with Crippen molar-refractivity contribution in [2.75, 3.05) is 32.2 Å². The lowest BCUT2D eigenvalue weighted by Gasteiger charge is -2.21. The quantitative estimate of drug-likeness (QED) is 0.234. The van der Waals surface area contributed by atoms with Crippen LogP contribution in [0.1, 0.15) is 28.9 Å². The number of fused-ring (bicyclic) bond motifs is 1. The number of hydrogen-bond acceptors (Lipinski definition) is 10. The Bertz CT molecular complexity index is 1650. The van der Waals surface area contributed by atoms with Gasteiger partial charge in [-0.05, 0) is 48.5 Å². The fourth-order valence-corrected chi connectivity index (χ4v) is 6.56. The van der Waals surface area contributed by atoms with Crippen LogP contribution in [-0.2, 0) is 16.6 Å². The Labute approximate surface area is 241 Å². The molecule has 0 saturated carbocycles. The van der Waals surface area contributed by atoms with Gasteiger partial charge in [-0.15, -0.1) is 0 Å². The summed E-state index contributed by atoms with van der Waals surface area (Å²) < 4.78 is 39.2. The van der Waals surface area contributed by atoms with E-state index in [0.29, 0.717) is 32.5 Å². The van der Waals surface area contributed by atoms with E-state index >= 15 is 0 Å². The van der Waals surface area contributed by atoms with E-state index in [1.807, 2.05) is 18.2 Å². The Morgan fingerprint density at radius 2 is 1.61 bits per heavy atom. The standard InChI is InChI=1S/C28H26N6O5S2/c1-38-23-12-13-24(39-2)26-25(23)32-28(40-26)34(19-21-7-3-4-16-31-21)27(35)20-8-10-22(11-9-20)41(36,37)33(17-5-14-29)18-6-15-30/h3-4,7-13,16H,5-6,17-19H2,1-2H3. The van der Waals surface area contributed by atoms with Crippen LogP contribution >= 0.6 is 11.3 Å². The summed E-state index contributed by atoms with van der Waals surface area (Å²) in [5.41, 5.74) is 1.41. The Morgan fingerprint density at radius 3 is 2.20 bits per heavy atom. The van der Waals surface area contributed by atoms with Crippen molar-refractivity contribution < 1.29 is 22.7 Å². The normalized spacial score (nSPS) is 11.1. The first kappa shape index (κ1) is 29.4. The Balaban J connectivity index is 1.72. The number of carbonyl (C=O) groups is 1. The largest absolute Gasteiger partial charge is 0.495 e. The van der Waals surface area contributed by atoms with Gasteiger partial charge in [0.05, 0.1) is 43.5 Å². The molecule has 0 N–H and O–H groups in total. The summed E-state index contributed by atoms with van der Waals surface area (Å²) in [5.74, 6) is 0.699. The monoisotopic (exact) mass is 590 g/mol. The third-order valence-corrected chi connectivity index (χ3v) is 9.11. The van der Waals surface area contributed by atoms with Gasteiger partial charge in [-0.3, -0.25) is 14.7 Å². The number of anilines is 1. The van der Waals surface area contributed by atoms with Crippen LogP contribution in [0.5, 0.6) is 11.5 Å². The molecule has 2 heterocycles. The molecule has 0 fully saturated rings. The van der Waals surface area contributed by atoms with Crippen LogP contribution in [0.3, 0.4) is 0 Å². The molecule has 0 bridgehead atoms. The maximum atomic E-state index is 13.9. The summed E-state index contributed by atoms with van der Waals surface area (Å²) in [7, 11) is -0.897. The highest BCUT2D eigenvalue weighted by Crippen LogP contribution is 2.40. The number of amides is 1. The second kappa shape index (κ2) is 13.2. The molecule has 11 nitrogen and oxygen atoms in total. The van der Waals surface area contributed by atoms with Gasteiger partial charge in [0, 0.05) is 37.7 Å². The van der Waals surface area contributed by atoms with Crippen molar-refractivity contribution in [3.63, 3.8) is 0 Å². The predicted octanol–water partition coefficient (Wildman–Crippen LogP) is 4.37. The lowest BCUT2D eigenvalue weighted by Crippen LogP contribution is -2.33. The zero-order valence-corrected chi connectivity index (χ0v) is 24.0. The highest BCUT2D eigenvalue weighted by Gasteiger charge is 2.27. The van der Waals surface area contributed by atoms with Crippen LogP contribution in [0.4, 0.5) is 5.13 Å². The van der Waals surface area contributed by atoms with Gasteiger partial charge in [-0.25, -0.2) is 13.4 Å². The molecule has 0 saturated heterocycles. The molecular formula is C28H26N6O5S2. The molecule has 1 amide bonds. The van der Waals surface area contributed by atoms with Crippen LogP contribution < -0.4 is 14.4 Å². The molecule has 0 aliphatic heterocycles. The maximum Gasteiger partial charge on any atom is 0.260 e. The van der Waals surface area contributed by atoms with Gasteiger partial charge in [0.2, 0.25) is 10.0 Å². The summed E-state index contributed by atoms with van der Waals surface area (Å²) in [4.78, 5) is 24.4. The fourth-order valence-electron chi connectivity index (χ4n) is 4.05. The van der Waals surface area contributed by atoms with E-state index in [1.165, 1.54) is 47.6 Å². The fraction of sp³-hybridized carbons (Fsp3) is 0.250. The molecule has 4 aromatic rings.